The summed E-state index contributed by atoms with van der Waals surface area (Å²) in [5.41, 5.74) is 0.882. The second kappa shape index (κ2) is 6.99. The predicted octanol–water partition coefficient (Wildman–Crippen LogP) is 3.86. The Labute approximate surface area is 148 Å². The summed E-state index contributed by atoms with van der Waals surface area (Å²) in [6.45, 7) is 1.81. The fraction of sp³-hybridized carbons (Fsp3) is 0.278. The molecule has 1 fully saturated rings. The number of hydrogen-bond acceptors (Lipinski definition) is 2. The lowest BCUT2D eigenvalue weighted by Gasteiger charge is -2.40. The van der Waals surface area contributed by atoms with Gasteiger partial charge >= 0.3 is 0 Å². The minimum atomic E-state index is -0.542. The van der Waals surface area contributed by atoms with Crippen molar-refractivity contribution in [3.05, 3.63) is 69.7 Å². The third kappa shape index (κ3) is 3.49. The van der Waals surface area contributed by atoms with Crippen LogP contribution in [0.3, 0.4) is 0 Å². The van der Waals surface area contributed by atoms with E-state index in [-0.39, 0.29) is 23.3 Å². The zero-order valence-corrected chi connectivity index (χ0v) is 14.8. The Morgan fingerprint density at radius 1 is 1.12 bits per heavy atom. The Morgan fingerprint density at radius 3 is 2.54 bits per heavy atom. The summed E-state index contributed by atoms with van der Waals surface area (Å²) < 4.78 is 28.0. The molecule has 0 N–H and O–H groups in total. The van der Waals surface area contributed by atoms with Gasteiger partial charge in [0, 0.05) is 24.1 Å². The van der Waals surface area contributed by atoms with Gasteiger partial charge in [-0.3, -0.25) is 4.79 Å². The first kappa shape index (κ1) is 17.0. The van der Waals surface area contributed by atoms with Crippen LogP contribution in [0.4, 0.5) is 8.78 Å². The van der Waals surface area contributed by atoms with Crippen LogP contribution in [0.2, 0.25) is 0 Å². The predicted molar refractivity (Wildman–Crippen MR) is 91.8 cm³/mol. The molecule has 1 amide bonds. The Morgan fingerprint density at radius 2 is 1.83 bits per heavy atom. The highest BCUT2D eigenvalue weighted by Gasteiger charge is 2.32. The van der Waals surface area contributed by atoms with Crippen LogP contribution in [-0.4, -0.2) is 42.4 Å². The SMILES string of the molecule is CN1CCN(C(=O)c2cc(Br)ccc2F)[C@@H](c2ccc(F)cc2)C1. The molecule has 1 saturated heterocycles. The molecule has 0 spiro atoms. The maximum absolute atomic E-state index is 14.1. The lowest BCUT2D eigenvalue weighted by atomic mass is 10.0. The van der Waals surface area contributed by atoms with E-state index in [1.54, 1.807) is 23.1 Å². The summed E-state index contributed by atoms with van der Waals surface area (Å²) >= 11 is 3.28. The zero-order chi connectivity index (χ0) is 17.3. The van der Waals surface area contributed by atoms with E-state index in [9.17, 15) is 13.6 Å². The standard InChI is InChI=1S/C18H17BrF2N2O/c1-22-8-9-23(17(11-22)12-2-5-14(20)6-3-12)18(24)15-10-13(19)4-7-16(15)21/h2-7,10,17H,8-9,11H2,1H3/t17-/m1/s1. The molecule has 1 atom stereocenters. The topological polar surface area (TPSA) is 23.6 Å². The van der Waals surface area contributed by atoms with Crippen molar-refractivity contribution in [3.8, 4) is 0 Å². The first-order valence-corrected chi connectivity index (χ1v) is 8.45. The van der Waals surface area contributed by atoms with E-state index in [1.807, 2.05) is 7.05 Å². The van der Waals surface area contributed by atoms with E-state index >= 15 is 0 Å². The Kier molecular flexibility index (Phi) is 4.96. The summed E-state index contributed by atoms with van der Waals surface area (Å²) in [4.78, 5) is 16.7. The van der Waals surface area contributed by atoms with Gasteiger partial charge in [-0.25, -0.2) is 8.78 Å². The van der Waals surface area contributed by atoms with Crippen molar-refractivity contribution in [1.29, 1.82) is 0 Å². The monoisotopic (exact) mass is 394 g/mol. The van der Waals surface area contributed by atoms with E-state index in [0.717, 1.165) is 5.56 Å². The van der Waals surface area contributed by atoms with Crippen molar-refractivity contribution in [2.75, 3.05) is 26.7 Å². The van der Waals surface area contributed by atoms with Crippen molar-refractivity contribution < 1.29 is 13.6 Å². The first-order chi connectivity index (χ1) is 11.5. The third-order valence-corrected chi connectivity index (χ3v) is 4.75. The lowest BCUT2D eigenvalue weighted by Crippen LogP contribution is -2.49. The normalized spacial score (nSPS) is 18.7. The molecule has 1 aliphatic rings. The number of rotatable bonds is 2. The molecule has 0 bridgehead atoms. The van der Waals surface area contributed by atoms with Gasteiger partial charge in [0.2, 0.25) is 0 Å². The van der Waals surface area contributed by atoms with E-state index in [1.165, 1.54) is 24.3 Å². The van der Waals surface area contributed by atoms with E-state index in [0.29, 0.717) is 24.1 Å². The minimum absolute atomic E-state index is 0.0426. The van der Waals surface area contributed by atoms with Crippen LogP contribution < -0.4 is 0 Å². The fourth-order valence-corrected chi connectivity index (χ4v) is 3.31. The summed E-state index contributed by atoms with van der Waals surface area (Å²) in [6, 6.07) is 10.2. The van der Waals surface area contributed by atoms with E-state index in [4.69, 9.17) is 0 Å². The fourth-order valence-electron chi connectivity index (χ4n) is 2.95. The van der Waals surface area contributed by atoms with Gasteiger partial charge in [-0.1, -0.05) is 28.1 Å². The minimum Gasteiger partial charge on any atom is -0.329 e. The number of nitrogens with zero attached hydrogens (tertiary/aromatic N) is 2. The number of piperazine rings is 1. The second-order valence-corrected chi connectivity index (χ2v) is 6.87. The number of carbonyl (C=O) groups excluding carboxylic acids is 1. The van der Waals surface area contributed by atoms with Gasteiger partial charge in [0.1, 0.15) is 11.6 Å². The van der Waals surface area contributed by atoms with Crippen LogP contribution in [0.15, 0.2) is 46.9 Å². The Hall–Kier alpha value is -1.79. The molecule has 1 heterocycles. The molecule has 1 aliphatic heterocycles. The van der Waals surface area contributed by atoms with Crippen LogP contribution in [0.25, 0.3) is 0 Å². The molecule has 126 valence electrons. The maximum Gasteiger partial charge on any atom is 0.257 e. The first-order valence-electron chi connectivity index (χ1n) is 7.66. The zero-order valence-electron chi connectivity index (χ0n) is 13.2. The average Bonchev–Trinajstić information content (AvgIpc) is 2.57. The van der Waals surface area contributed by atoms with Crippen molar-refractivity contribution in [1.82, 2.24) is 9.80 Å². The van der Waals surface area contributed by atoms with E-state index in [2.05, 4.69) is 20.8 Å². The van der Waals surface area contributed by atoms with Crippen LogP contribution in [-0.2, 0) is 0 Å². The second-order valence-electron chi connectivity index (χ2n) is 5.95. The Bertz CT molecular complexity index is 751. The van der Waals surface area contributed by atoms with Gasteiger partial charge in [-0.2, -0.15) is 0 Å². The van der Waals surface area contributed by atoms with Gasteiger partial charge in [0.25, 0.3) is 5.91 Å². The molecule has 0 radical (unpaired) electrons. The van der Waals surface area contributed by atoms with Gasteiger partial charge in [-0.05, 0) is 42.9 Å². The number of amides is 1. The molecular weight excluding hydrogens is 378 g/mol. The summed E-state index contributed by atoms with van der Waals surface area (Å²) in [5.74, 6) is -1.21. The number of carbonyl (C=O) groups is 1. The molecule has 0 aliphatic carbocycles. The highest BCUT2D eigenvalue weighted by Crippen LogP contribution is 2.28. The maximum atomic E-state index is 14.1. The molecule has 2 aromatic rings. The van der Waals surface area contributed by atoms with Crippen molar-refractivity contribution >= 4 is 21.8 Å². The third-order valence-electron chi connectivity index (χ3n) is 4.26. The van der Waals surface area contributed by atoms with Crippen LogP contribution in [0, 0.1) is 11.6 Å². The molecule has 3 nitrogen and oxygen atoms in total. The molecular formula is C18H17BrF2N2O. The number of hydrogen-bond donors (Lipinski definition) is 0. The summed E-state index contributed by atoms with van der Waals surface area (Å²) in [5, 5.41) is 0. The van der Waals surface area contributed by atoms with Crippen molar-refractivity contribution in [2.45, 2.75) is 6.04 Å². The molecule has 3 rings (SSSR count). The van der Waals surface area contributed by atoms with Crippen LogP contribution in [0.1, 0.15) is 22.0 Å². The summed E-state index contributed by atoms with van der Waals surface area (Å²) in [6.07, 6.45) is 0. The molecule has 0 saturated carbocycles. The average molecular weight is 395 g/mol. The van der Waals surface area contributed by atoms with Crippen molar-refractivity contribution in [2.24, 2.45) is 0 Å². The highest BCUT2D eigenvalue weighted by atomic mass is 79.9. The lowest BCUT2D eigenvalue weighted by molar-refractivity contribution is 0.0493. The number of benzene rings is 2. The Balaban J connectivity index is 1.95. The molecule has 2 aromatic carbocycles. The summed E-state index contributed by atoms with van der Waals surface area (Å²) in [7, 11) is 1.97. The van der Waals surface area contributed by atoms with Crippen LogP contribution >= 0.6 is 15.9 Å². The number of halogens is 3. The van der Waals surface area contributed by atoms with Gasteiger partial charge in [0.05, 0.1) is 11.6 Å². The van der Waals surface area contributed by atoms with Crippen LogP contribution in [0.5, 0.6) is 0 Å². The molecule has 24 heavy (non-hydrogen) atoms. The molecule has 6 heteroatoms. The van der Waals surface area contributed by atoms with Gasteiger partial charge < -0.3 is 9.80 Å². The van der Waals surface area contributed by atoms with E-state index < -0.39 is 5.82 Å². The largest absolute Gasteiger partial charge is 0.329 e. The molecule has 0 aromatic heterocycles. The van der Waals surface area contributed by atoms with Crippen molar-refractivity contribution in [3.63, 3.8) is 0 Å². The highest BCUT2D eigenvalue weighted by molar-refractivity contribution is 9.10. The number of likely N-dealkylation sites (N-methyl/N-ethyl adjacent to an activating group) is 1. The van der Waals surface area contributed by atoms with Gasteiger partial charge in [0.15, 0.2) is 0 Å². The quantitative estimate of drug-likeness (QED) is 0.771. The smallest absolute Gasteiger partial charge is 0.257 e. The molecule has 0 unspecified atom stereocenters. The van der Waals surface area contributed by atoms with Gasteiger partial charge in [-0.15, -0.1) is 0 Å².